The minimum Gasteiger partial charge on any atom is -0.493 e. The van der Waals surface area contributed by atoms with Gasteiger partial charge in [-0.3, -0.25) is 4.79 Å². The summed E-state index contributed by atoms with van der Waals surface area (Å²) in [7, 11) is 0. The summed E-state index contributed by atoms with van der Waals surface area (Å²) in [4.78, 5) is 25.2. The molecular formula is C25H34N6O2. The topological polar surface area (TPSA) is 86.5 Å². The maximum absolute atomic E-state index is 11.7. The molecule has 2 N–H and O–H groups in total. The zero-order valence-electron chi connectivity index (χ0n) is 20.2. The van der Waals surface area contributed by atoms with Gasteiger partial charge in [0, 0.05) is 51.9 Å². The van der Waals surface area contributed by atoms with Crippen LogP contribution in [-0.4, -0.2) is 56.6 Å². The van der Waals surface area contributed by atoms with Crippen LogP contribution in [0.4, 0.5) is 11.8 Å². The quantitative estimate of drug-likeness (QED) is 0.587. The zero-order chi connectivity index (χ0) is 23.7. The number of amides is 1. The van der Waals surface area contributed by atoms with E-state index in [1.807, 2.05) is 29.5 Å². The first-order valence-electron chi connectivity index (χ1n) is 11.7. The number of hydrogen-bond donors (Lipinski definition) is 2. The van der Waals surface area contributed by atoms with Gasteiger partial charge in [-0.2, -0.15) is 4.98 Å². The van der Waals surface area contributed by atoms with E-state index < -0.39 is 0 Å². The summed E-state index contributed by atoms with van der Waals surface area (Å²) in [5.41, 5.74) is 3.02. The molecule has 1 fully saturated rings. The summed E-state index contributed by atoms with van der Waals surface area (Å²) < 4.78 is 1.82. The fourth-order valence-electron chi connectivity index (χ4n) is 4.17. The average molecular weight is 451 g/mol. The molecule has 33 heavy (non-hydrogen) atoms. The number of aromatic nitrogens is 3. The largest absolute Gasteiger partial charge is 0.493 e. The second kappa shape index (κ2) is 9.29. The Morgan fingerprint density at radius 2 is 1.73 bits per heavy atom. The Morgan fingerprint density at radius 1 is 1.06 bits per heavy atom. The third kappa shape index (κ3) is 4.74. The van der Waals surface area contributed by atoms with E-state index in [-0.39, 0.29) is 17.8 Å². The Kier molecular flexibility index (Phi) is 6.44. The highest BCUT2D eigenvalue weighted by molar-refractivity contribution is 5.94. The molecule has 1 aliphatic rings. The Bertz CT molecular complexity index is 1130. The number of carbonyl (C=O) groups excluding carboxylic acids is 1. The predicted molar refractivity (Wildman–Crippen MR) is 132 cm³/mol. The molecule has 176 valence electrons. The molecule has 0 saturated carbocycles. The van der Waals surface area contributed by atoms with Gasteiger partial charge in [-0.25, -0.2) is 4.98 Å². The minimum absolute atomic E-state index is 0.0866. The van der Waals surface area contributed by atoms with Crippen LogP contribution >= 0.6 is 0 Å². The molecule has 8 nitrogen and oxygen atoms in total. The normalized spacial score (nSPS) is 14.5. The van der Waals surface area contributed by atoms with Crippen LogP contribution in [0, 0.1) is 0 Å². The highest BCUT2D eigenvalue weighted by Crippen LogP contribution is 2.34. The third-order valence-corrected chi connectivity index (χ3v) is 6.33. The Balaban J connectivity index is 1.64. The zero-order valence-corrected chi connectivity index (χ0v) is 20.2. The number of piperazine rings is 1. The first-order valence-corrected chi connectivity index (χ1v) is 11.7. The van der Waals surface area contributed by atoms with Crippen molar-refractivity contribution in [3.63, 3.8) is 0 Å². The maximum atomic E-state index is 11.7. The Morgan fingerprint density at radius 3 is 2.30 bits per heavy atom. The molecule has 1 amide bonds. The van der Waals surface area contributed by atoms with Crippen molar-refractivity contribution >= 4 is 28.6 Å². The fraction of sp³-hybridized carbons (Fsp3) is 0.480. The van der Waals surface area contributed by atoms with Crippen molar-refractivity contribution in [3.05, 3.63) is 41.6 Å². The van der Waals surface area contributed by atoms with Crippen LogP contribution in [0.25, 0.3) is 10.9 Å². The summed E-state index contributed by atoms with van der Waals surface area (Å²) >= 11 is 0. The van der Waals surface area contributed by atoms with Crippen LogP contribution in [0.2, 0.25) is 0 Å². The fourth-order valence-corrected chi connectivity index (χ4v) is 4.17. The van der Waals surface area contributed by atoms with Crippen molar-refractivity contribution < 1.29 is 9.90 Å². The van der Waals surface area contributed by atoms with Gasteiger partial charge in [0.1, 0.15) is 11.3 Å². The molecule has 0 atom stereocenters. The summed E-state index contributed by atoms with van der Waals surface area (Å²) in [5, 5.41) is 15.1. The van der Waals surface area contributed by atoms with Crippen LogP contribution in [0.5, 0.6) is 5.88 Å². The summed E-state index contributed by atoms with van der Waals surface area (Å²) in [5.74, 6) is 2.00. The number of nitrogens with zero attached hydrogens (tertiary/aromatic N) is 5. The van der Waals surface area contributed by atoms with E-state index in [1.165, 1.54) is 5.56 Å². The monoisotopic (exact) mass is 450 g/mol. The van der Waals surface area contributed by atoms with Gasteiger partial charge in [0.15, 0.2) is 0 Å². The minimum atomic E-state index is 0.0866. The second-order valence-corrected chi connectivity index (χ2v) is 9.33. The molecule has 2 aromatic heterocycles. The van der Waals surface area contributed by atoms with Gasteiger partial charge >= 0.3 is 0 Å². The van der Waals surface area contributed by atoms with E-state index >= 15 is 0 Å². The molecule has 3 aromatic rings. The van der Waals surface area contributed by atoms with Crippen LogP contribution in [0.3, 0.4) is 0 Å². The molecule has 0 bridgehead atoms. The number of benzene rings is 1. The molecule has 1 aliphatic heterocycles. The molecule has 0 radical (unpaired) electrons. The lowest BCUT2D eigenvalue weighted by Crippen LogP contribution is -2.48. The highest BCUT2D eigenvalue weighted by atomic mass is 16.3. The summed E-state index contributed by atoms with van der Waals surface area (Å²) in [6.45, 7) is 13.2. The van der Waals surface area contributed by atoms with Crippen molar-refractivity contribution in [2.75, 3.05) is 36.4 Å². The first-order chi connectivity index (χ1) is 15.7. The number of anilines is 2. The molecule has 0 unspecified atom stereocenters. The average Bonchev–Trinajstić information content (AvgIpc) is 3.14. The number of rotatable bonds is 6. The summed E-state index contributed by atoms with van der Waals surface area (Å²) in [6.07, 6.45) is 1.91. The van der Waals surface area contributed by atoms with Crippen molar-refractivity contribution in [1.29, 1.82) is 0 Å². The molecule has 0 spiro atoms. The lowest BCUT2D eigenvalue weighted by atomic mass is 10.0. The van der Waals surface area contributed by atoms with E-state index in [0.29, 0.717) is 55.9 Å². The lowest BCUT2D eigenvalue weighted by molar-refractivity contribution is -0.129. The smallest absolute Gasteiger partial charge is 0.228 e. The Hall–Kier alpha value is -3.29. The molecule has 0 aliphatic carbocycles. The molecular weight excluding hydrogens is 416 g/mol. The molecule has 1 aromatic carbocycles. The number of hydrogen-bond acceptors (Lipinski definition) is 6. The van der Waals surface area contributed by atoms with Crippen molar-refractivity contribution in [2.24, 2.45) is 0 Å². The maximum Gasteiger partial charge on any atom is 0.228 e. The van der Waals surface area contributed by atoms with E-state index in [9.17, 15) is 9.90 Å². The van der Waals surface area contributed by atoms with Gasteiger partial charge in [-0.15, -0.1) is 0 Å². The molecule has 8 heteroatoms. The van der Waals surface area contributed by atoms with Gasteiger partial charge < -0.3 is 24.8 Å². The van der Waals surface area contributed by atoms with Crippen molar-refractivity contribution in [1.82, 2.24) is 19.4 Å². The van der Waals surface area contributed by atoms with Gasteiger partial charge in [-0.05, 0) is 30.9 Å². The first kappa shape index (κ1) is 22.9. The number of carbonyl (C=O) groups is 1. The number of aromatic hydroxyl groups is 1. The molecule has 1 saturated heterocycles. The standard InChI is InChI=1S/C25H34N6O2/c1-16(2)20-8-6-19(7-9-20)14-26-23-21-15-31(17(3)4)24(33)22(21)27-25(28-23)30-12-10-29(11-13-30)18(5)32/h6-9,15-17,33H,10-14H2,1-5H3,(H,26,27,28). The van der Waals surface area contributed by atoms with Crippen LogP contribution < -0.4 is 10.2 Å². The van der Waals surface area contributed by atoms with E-state index in [4.69, 9.17) is 9.97 Å². The SMILES string of the molecule is CC(=O)N1CCN(c2nc(NCc3ccc(C(C)C)cc3)c3cn(C(C)C)c(O)c3n2)CC1. The van der Waals surface area contributed by atoms with Gasteiger partial charge in [0.05, 0.1) is 5.39 Å². The van der Waals surface area contributed by atoms with Gasteiger partial charge in [0.2, 0.25) is 17.7 Å². The Labute approximate surface area is 195 Å². The third-order valence-electron chi connectivity index (χ3n) is 6.33. The van der Waals surface area contributed by atoms with E-state index in [1.54, 1.807) is 6.92 Å². The predicted octanol–water partition coefficient (Wildman–Crippen LogP) is 4.12. The highest BCUT2D eigenvalue weighted by Gasteiger charge is 2.24. The van der Waals surface area contributed by atoms with Crippen molar-refractivity contribution in [2.45, 2.75) is 53.1 Å². The van der Waals surface area contributed by atoms with Crippen molar-refractivity contribution in [3.8, 4) is 5.88 Å². The molecule has 4 rings (SSSR count). The number of fused-ring (bicyclic) bond motifs is 1. The van der Waals surface area contributed by atoms with E-state index in [2.05, 4.69) is 48.3 Å². The molecule has 3 heterocycles. The van der Waals surface area contributed by atoms with Crippen LogP contribution in [0.15, 0.2) is 30.5 Å². The van der Waals surface area contributed by atoms with Crippen LogP contribution in [-0.2, 0) is 11.3 Å². The van der Waals surface area contributed by atoms with E-state index in [0.717, 1.165) is 10.9 Å². The van der Waals surface area contributed by atoms with Gasteiger partial charge in [-0.1, -0.05) is 38.1 Å². The second-order valence-electron chi connectivity index (χ2n) is 9.33. The van der Waals surface area contributed by atoms with Crippen LogP contribution in [0.1, 0.15) is 57.7 Å². The summed E-state index contributed by atoms with van der Waals surface area (Å²) in [6, 6.07) is 8.70. The lowest BCUT2D eigenvalue weighted by Gasteiger charge is -2.34. The number of nitrogens with one attached hydrogen (secondary N) is 1. The van der Waals surface area contributed by atoms with Gasteiger partial charge in [0.25, 0.3) is 0 Å².